The molecular weight excluding hydrogens is 326 g/mol. The summed E-state index contributed by atoms with van der Waals surface area (Å²) >= 11 is 0. The number of rotatable bonds is 4. The molecule has 0 saturated carbocycles. The Balaban J connectivity index is 1.99. The van der Waals surface area contributed by atoms with Crippen LogP contribution in [0.2, 0.25) is 0 Å². The lowest BCUT2D eigenvalue weighted by Crippen LogP contribution is -2.44. The summed E-state index contributed by atoms with van der Waals surface area (Å²) in [5.41, 5.74) is 1.06. The Bertz CT molecular complexity index is 674. The summed E-state index contributed by atoms with van der Waals surface area (Å²) in [6, 6.07) is 6.96. The minimum absolute atomic E-state index is 0.00393. The third kappa shape index (κ3) is 4.80. The van der Waals surface area contributed by atoms with Crippen LogP contribution >= 0.6 is 0 Å². The van der Waals surface area contributed by atoms with Crippen molar-refractivity contribution in [2.75, 3.05) is 25.4 Å². The van der Waals surface area contributed by atoms with Gasteiger partial charge in [-0.1, -0.05) is 32.9 Å². The van der Waals surface area contributed by atoms with Gasteiger partial charge in [0.2, 0.25) is 5.91 Å². The SMILES string of the molecule is CC1CN(C(=O)CCS(=O)(=O)c2ccc(C(C)(C)C)cc2)CCO1. The number of hydrogen-bond acceptors (Lipinski definition) is 4. The van der Waals surface area contributed by atoms with Crippen LogP contribution in [0.4, 0.5) is 0 Å². The number of nitrogens with zero attached hydrogens (tertiary/aromatic N) is 1. The van der Waals surface area contributed by atoms with Crippen LogP contribution in [-0.2, 0) is 24.8 Å². The minimum atomic E-state index is -3.45. The van der Waals surface area contributed by atoms with E-state index in [0.717, 1.165) is 5.56 Å². The zero-order valence-corrected chi connectivity index (χ0v) is 15.7. The van der Waals surface area contributed by atoms with E-state index < -0.39 is 9.84 Å². The number of ether oxygens (including phenoxy) is 1. The van der Waals surface area contributed by atoms with Gasteiger partial charge in [0.1, 0.15) is 0 Å². The van der Waals surface area contributed by atoms with E-state index in [2.05, 4.69) is 20.8 Å². The number of benzene rings is 1. The lowest BCUT2D eigenvalue weighted by atomic mass is 9.87. The molecule has 24 heavy (non-hydrogen) atoms. The van der Waals surface area contributed by atoms with Crippen LogP contribution in [0.15, 0.2) is 29.2 Å². The fourth-order valence-electron chi connectivity index (χ4n) is 2.70. The number of carbonyl (C=O) groups is 1. The number of sulfone groups is 1. The van der Waals surface area contributed by atoms with Gasteiger partial charge in [0.05, 0.1) is 23.4 Å². The average Bonchev–Trinajstić information content (AvgIpc) is 2.52. The number of hydrogen-bond donors (Lipinski definition) is 0. The van der Waals surface area contributed by atoms with Gasteiger partial charge in [0.15, 0.2) is 9.84 Å². The quantitative estimate of drug-likeness (QED) is 0.834. The summed E-state index contributed by atoms with van der Waals surface area (Å²) in [5.74, 6) is -0.285. The predicted octanol–water partition coefficient (Wildman–Crippen LogP) is 2.40. The van der Waals surface area contributed by atoms with Gasteiger partial charge in [0, 0.05) is 19.5 Å². The zero-order chi connectivity index (χ0) is 18.0. The number of carbonyl (C=O) groups excluding carboxylic acids is 1. The van der Waals surface area contributed by atoms with Gasteiger partial charge in [-0.15, -0.1) is 0 Å². The van der Waals surface area contributed by atoms with Crippen LogP contribution in [0.1, 0.15) is 39.7 Å². The maximum absolute atomic E-state index is 12.4. The molecule has 5 nitrogen and oxygen atoms in total. The fourth-order valence-corrected chi connectivity index (χ4v) is 3.93. The summed E-state index contributed by atoms with van der Waals surface area (Å²) in [6.45, 7) is 9.72. The normalized spacial score (nSPS) is 19.3. The van der Waals surface area contributed by atoms with Crippen LogP contribution in [-0.4, -0.2) is 50.8 Å². The molecule has 1 fully saturated rings. The molecule has 1 saturated heterocycles. The van der Waals surface area contributed by atoms with E-state index in [1.807, 2.05) is 19.1 Å². The average molecular weight is 353 g/mol. The third-order valence-electron chi connectivity index (χ3n) is 4.26. The summed E-state index contributed by atoms with van der Waals surface area (Å²) in [5, 5.41) is 0. The highest BCUT2D eigenvalue weighted by atomic mass is 32.2. The summed E-state index contributed by atoms with van der Waals surface area (Å²) < 4.78 is 30.3. The van der Waals surface area contributed by atoms with E-state index >= 15 is 0 Å². The molecule has 0 bridgehead atoms. The molecule has 0 N–H and O–H groups in total. The van der Waals surface area contributed by atoms with Crippen LogP contribution < -0.4 is 0 Å². The second-order valence-electron chi connectivity index (χ2n) is 7.36. The van der Waals surface area contributed by atoms with Gasteiger partial charge in [-0.25, -0.2) is 8.42 Å². The van der Waals surface area contributed by atoms with Gasteiger partial charge < -0.3 is 9.64 Å². The molecule has 1 aliphatic heterocycles. The van der Waals surface area contributed by atoms with Gasteiger partial charge >= 0.3 is 0 Å². The third-order valence-corrected chi connectivity index (χ3v) is 5.99. The van der Waals surface area contributed by atoms with Crippen molar-refractivity contribution >= 4 is 15.7 Å². The minimum Gasteiger partial charge on any atom is -0.375 e. The van der Waals surface area contributed by atoms with Crippen molar-refractivity contribution in [2.24, 2.45) is 0 Å². The second kappa shape index (κ2) is 7.23. The van der Waals surface area contributed by atoms with Gasteiger partial charge in [-0.05, 0) is 30.0 Å². The smallest absolute Gasteiger partial charge is 0.223 e. The van der Waals surface area contributed by atoms with E-state index in [0.29, 0.717) is 19.7 Å². The predicted molar refractivity (Wildman–Crippen MR) is 93.8 cm³/mol. The Labute approximate surface area is 144 Å². The van der Waals surface area contributed by atoms with Crippen molar-refractivity contribution in [3.8, 4) is 0 Å². The molecule has 0 aromatic heterocycles. The molecule has 6 heteroatoms. The molecule has 0 spiro atoms. The van der Waals surface area contributed by atoms with Crippen molar-refractivity contribution in [3.05, 3.63) is 29.8 Å². The zero-order valence-electron chi connectivity index (χ0n) is 14.9. The highest BCUT2D eigenvalue weighted by Crippen LogP contribution is 2.24. The fraction of sp³-hybridized carbons (Fsp3) is 0.611. The maximum atomic E-state index is 12.4. The first-order chi connectivity index (χ1) is 11.1. The van der Waals surface area contributed by atoms with E-state index in [-0.39, 0.29) is 34.5 Å². The number of morpholine rings is 1. The molecule has 1 amide bonds. The van der Waals surface area contributed by atoms with Crippen molar-refractivity contribution in [1.29, 1.82) is 0 Å². The molecule has 1 atom stereocenters. The Morgan fingerprint density at radius 2 is 1.88 bits per heavy atom. The first-order valence-corrected chi connectivity index (χ1v) is 9.97. The second-order valence-corrected chi connectivity index (χ2v) is 9.47. The maximum Gasteiger partial charge on any atom is 0.223 e. The molecule has 134 valence electrons. The molecule has 2 rings (SSSR count). The molecule has 1 aliphatic rings. The monoisotopic (exact) mass is 353 g/mol. The largest absolute Gasteiger partial charge is 0.375 e. The van der Waals surface area contributed by atoms with Crippen LogP contribution in [0, 0.1) is 0 Å². The van der Waals surface area contributed by atoms with E-state index in [9.17, 15) is 13.2 Å². The summed E-state index contributed by atoms with van der Waals surface area (Å²) in [7, 11) is -3.45. The van der Waals surface area contributed by atoms with Gasteiger partial charge in [-0.2, -0.15) is 0 Å². The molecule has 0 radical (unpaired) electrons. The molecule has 1 aromatic rings. The molecule has 1 unspecified atom stereocenters. The lowest BCUT2D eigenvalue weighted by molar-refractivity contribution is -0.137. The Morgan fingerprint density at radius 3 is 2.42 bits per heavy atom. The van der Waals surface area contributed by atoms with Crippen molar-refractivity contribution in [2.45, 2.75) is 50.5 Å². The van der Waals surface area contributed by atoms with Crippen LogP contribution in [0.3, 0.4) is 0 Å². The highest BCUT2D eigenvalue weighted by Gasteiger charge is 2.24. The Morgan fingerprint density at radius 1 is 1.25 bits per heavy atom. The van der Waals surface area contributed by atoms with Gasteiger partial charge in [0.25, 0.3) is 0 Å². The van der Waals surface area contributed by atoms with Crippen molar-refractivity contribution in [1.82, 2.24) is 4.90 Å². The summed E-state index contributed by atoms with van der Waals surface area (Å²) in [4.78, 5) is 14.2. The highest BCUT2D eigenvalue weighted by molar-refractivity contribution is 7.91. The molecular formula is C18H27NO4S. The van der Waals surface area contributed by atoms with E-state index in [4.69, 9.17) is 4.74 Å². The standard InChI is InChI=1S/C18H27NO4S/c1-14-13-19(10-11-23-14)17(20)9-12-24(21,22)16-7-5-15(6-8-16)18(2,3)4/h5-8,14H,9-13H2,1-4H3. The van der Waals surface area contributed by atoms with Gasteiger partial charge in [-0.3, -0.25) is 4.79 Å². The van der Waals surface area contributed by atoms with E-state index in [1.165, 1.54) is 0 Å². The lowest BCUT2D eigenvalue weighted by Gasteiger charge is -2.31. The summed E-state index contributed by atoms with van der Waals surface area (Å²) in [6.07, 6.45) is 0.0139. The van der Waals surface area contributed by atoms with Crippen molar-refractivity contribution < 1.29 is 17.9 Å². The van der Waals surface area contributed by atoms with Crippen molar-refractivity contribution in [3.63, 3.8) is 0 Å². The Kier molecular flexibility index (Phi) is 5.71. The first-order valence-electron chi connectivity index (χ1n) is 8.32. The Hall–Kier alpha value is -1.40. The number of amides is 1. The molecule has 1 heterocycles. The molecule has 1 aromatic carbocycles. The first kappa shape index (κ1) is 18.9. The van der Waals surface area contributed by atoms with Crippen LogP contribution in [0.25, 0.3) is 0 Å². The molecule has 0 aliphatic carbocycles. The topological polar surface area (TPSA) is 63.7 Å². The van der Waals surface area contributed by atoms with Crippen LogP contribution in [0.5, 0.6) is 0 Å². The van der Waals surface area contributed by atoms with E-state index in [1.54, 1.807) is 17.0 Å².